The fourth-order valence-corrected chi connectivity index (χ4v) is 5.10. The van der Waals surface area contributed by atoms with E-state index in [9.17, 15) is 10.0 Å². The maximum atomic E-state index is 9.83. The summed E-state index contributed by atoms with van der Waals surface area (Å²) >= 11 is 1.62. The largest absolute Gasteiger partial charge is 0.489 e. The summed E-state index contributed by atoms with van der Waals surface area (Å²) in [5, 5.41) is 21.9. The molecule has 5 aromatic rings. The highest BCUT2D eigenvalue weighted by molar-refractivity contribution is 7.27. The van der Waals surface area contributed by atoms with Gasteiger partial charge in [-0.15, -0.1) is 11.3 Å². The van der Waals surface area contributed by atoms with Gasteiger partial charge in [0.2, 0.25) is 0 Å². The smallest absolute Gasteiger partial charge is 0.423 e. The molecule has 2 N–H and O–H groups in total. The van der Waals surface area contributed by atoms with Crippen molar-refractivity contribution in [2.75, 3.05) is 0 Å². The van der Waals surface area contributed by atoms with Crippen molar-refractivity contribution in [1.29, 1.82) is 0 Å². The average Bonchev–Trinajstić information content (AvgIpc) is 3.13. The number of thiophene rings is 1. The highest BCUT2D eigenvalue weighted by atomic mass is 32.1. The molecule has 0 amide bonds. The van der Waals surface area contributed by atoms with E-state index in [1.807, 2.05) is 42.5 Å². The molecule has 0 aliphatic rings. The Balaban J connectivity index is 1.90. The lowest BCUT2D eigenvalue weighted by Crippen LogP contribution is -2.29. The highest BCUT2D eigenvalue weighted by Crippen LogP contribution is 2.42. The molecule has 0 saturated heterocycles. The summed E-state index contributed by atoms with van der Waals surface area (Å²) in [7, 11) is -1.48. The van der Waals surface area contributed by atoms with Crippen LogP contribution >= 0.6 is 11.3 Å². The van der Waals surface area contributed by atoms with E-state index >= 15 is 0 Å². The Kier molecular flexibility index (Phi) is 4.25. The van der Waals surface area contributed by atoms with Crippen LogP contribution in [0.25, 0.3) is 42.4 Å². The topological polar surface area (TPSA) is 40.5 Å². The number of hydrogen-bond acceptors (Lipinski definition) is 3. The van der Waals surface area contributed by atoms with Crippen LogP contribution in [0.4, 0.5) is 0 Å². The SMILES string of the molecule is OB(O)c1cccc2c1sc1c(-c3ccccc3)cc(-c3ccccc3)cc12. The van der Waals surface area contributed by atoms with E-state index in [0.717, 1.165) is 36.9 Å². The second-order valence-electron chi connectivity index (χ2n) is 6.83. The minimum atomic E-state index is -1.48. The van der Waals surface area contributed by atoms with Gasteiger partial charge in [0.15, 0.2) is 0 Å². The van der Waals surface area contributed by atoms with E-state index in [-0.39, 0.29) is 0 Å². The van der Waals surface area contributed by atoms with E-state index < -0.39 is 7.12 Å². The van der Waals surface area contributed by atoms with Gasteiger partial charge in [0, 0.05) is 25.7 Å². The molecule has 0 aliphatic carbocycles. The molecule has 0 radical (unpaired) electrons. The fourth-order valence-electron chi connectivity index (χ4n) is 3.75. The van der Waals surface area contributed by atoms with Gasteiger partial charge in [0.05, 0.1) is 0 Å². The van der Waals surface area contributed by atoms with Gasteiger partial charge in [0.1, 0.15) is 0 Å². The fraction of sp³-hybridized carbons (Fsp3) is 0. The van der Waals surface area contributed by atoms with Crippen molar-refractivity contribution in [3.8, 4) is 22.3 Å². The second kappa shape index (κ2) is 6.91. The van der Waals surface area contributed by atoms with Gasteiger partial charge in [-0.25, -0.2) is 0 Å². The third-order valence-corrected chi connectivity index (χ3v) is 6.40. The Hall–Kier alpha value is -2.92. The van der Waals surface area contributed by atoms with Gasteiger partial charge in [-0.1, -0.05) is 78.9 Å². The monoisotopic (exact) mass is 380 g/mol. The van der Waals surface area contributed by atoms with E-state index in [4.69, 9.17) is 0 Å². The van der Waals surface area contributed by atoms with Crippen LogP contribution in [-0.4, -0.2) is 17.2 Å². The molecule has 0 spiro atoms. The summed E-state index contributed by atoms with van der Waals surface area (Å²) in [6.45, 7) is 0. The van der Waals surface area contributed by atoms with Crippen molar-refractivity contribution in [1.82, 2.24) is 0 Å². The van der Waals surface area contributed by atoms with Crippen LogP contribution in [0.2, 0.25) is 0 Å². The van der Waals surface area contributed by atoms with Crippen LogP contribution in [0.3, 0.4) is 0 Å². The normalized spacial score (nSPS) is 11.2. The predicted octanol–water partition coefficient (Wildman–Crippen LogP) is 5.07. The Labute approximate surface area is 167 Å². The lowest BCUT2D eigenvalue weighted by Gasteiger charge is -2.09. The van der Waals surface area contributed by atoms with E-state index in [1.54, 1.807) is 17.4 Å². The number of rotatable bonds is 3. The minimum Gasteiger partial charge on any atom is -0.423 e. The van der Waals surface area contributed by atoms with Crippen molar-refractivity contribution in [2.24, 2.45) is 0 Å². The van der Waals surface area contributed by atoms with Crippen molar-refractivity contribution in [3.63, 3.8) is 0 Å². The zero-order valence-electron chi connectivity index (χ0n) is 15.0. The minimum absolute atomic E-state index is 0.555. The van der Waals surface area contributed by atoms with Gasteiger partial charge in [-0.3, -0.25) is 0 Å². The highest BCUT2D eigenvalue weighted by Gasteiger charge is 2.19. The maximum Gasteiger partial charge on any atom is 0.489 e. The van der Waals surface area contributed by atoms with Crippen LogP contribution in [0, 0.1) is 0 Å². The Bertz CT molecular complexity index is 1280. The zero-order valence-corrected chi connectivity index (χ0v) is 15.9. The molecular weight excluding hydrogens is 363 g/mol. The summed E-state index contributed by atoms with van der Waals surface area (Å²) in [6, 6.07) is 30.9. The first kappa shape index (κ1) is 17.2. The summed E-state index contributed by atoms with van der Waals surface area (Å²) < 4.78 is 2.09. The molecule has 134 valence electrons. The Morgan fingerprint density at radius 2 is 1.25 bits per heavy atom. The third-order valence-electron chi connectivity index (χ3n) is 5.10. The molecule has 0 bridgehead atoms. The summed E-state index contributed by atoms with van der Waals surface area (Å²) in [6.07, 6.45) is 0. The molecule has 0 aliphatic heterocycles. The molecule has 5 rings (SSSR count). The first-order chi connectivity index (χ1) is 13.7. The average molecular weight is 380 g/mol. The van der Waals surface area contributed by atoms with Gasteiger partial charge in [-0.2, -0.15) is 0 Å². The van der Waals surface area contributed by atoms with E-state index in [2.05, 4.69) is 42.5 Å². The van der Waals surface area contributed by atoms with Crippen LogP contribution in [0.1, 0.15) is 0 Å². The van der Waals surface area contributed by atoms with Gasteiger partial charge < -0.3 is 10.0 Å². The van der Waals surface area contributed by atoms with Gasteiger partial charge in [-0.05, 0) is 34.3 Å². The first-order valence-corrected chi connectivity index (χ1v) is 10.00. The van der Waals surface area contributed by atoms with Crippen LogP contribution < -0.4 is 5.46 Å². The summed E-state index contributed by atoms with van der Waals surface area (Å²) in [4.78, 5) is 0. The molecule has 1 heterocycles. The standard InChI is InChI=1S/C24H17BO2S/c26-25(27)22-13-7-12-19-21-15-18(16-8-3-1-4-9-16)14-20(23(21)28-24(19)22)17-10-5-2-6-11-17/h1-15,26-27H. The predicted molar refractivity (Wildman–Crippen MR) is 120 cm³/mol. The second-order valence-corrected chi connectivity index (χ2v) is 7.85. The molecule has 0 unspecified atom stereocenters. The summed E-state index contributed by atoms with van der Waals surface area (Å²) in [5.74, 6) is 0. The molecule has 0 fully saturated rings. The quantitative estimate of drug-likeness (QED) is 0.429. The zero-order chi connectivity index (χ0) is 19.1. The lowest BCUT2D eigenvalue weighted by atomic mass is 9.79. The van der Waals surface area contributed by atoms with Gasteiger partial charge in [0.25, 0.3) is 0 Å². The van der Waals surface area contributed by atoms with E-state index in [1.165, 1.54) is 5.56 Å². The van der Waals surface area contributed by atoms with Crippen molar-refractivity contribution in [2.45, 2.75) is 0 Å². The molecule has 4 heteroatoms. The van der Waals surface area contributed by atoms with Crippen molar-refractivity contribution in [3.05, 3.63) is 91.0 Å². The van der Waals surface area contributed by atoms with Crippen molar-refractivity contribution < 1.29 is 10.0 Å². The Morgan fingerprint density at radius 3 is 1.93 bits per heavy atom. The lowest BCUT2D eigenvalue weighted by molar-refractivity contribution is 0.426. The van der Waals surface area contributed by atoms with Crippen LogP contribution in [0.15, 0.2) is 91.0 Å². The number of hydrogen-bond donors (Lipinski definition) is 2. The number of fused-ring (bicyclic) bond motifs is 3. The number of benzene rings is 4. The Morgan fingerprint density at radius 1 is 0.571 bits per heavy atom. The van der Waals surface area contributed by atoms with E-state index in [0.29, 0.717) is 5.46 Å². The molecule has 2 nitrogen and oxygen atoms in total. The molecule has 28 heavy (non-hydrogen) atoms. The molecule has 4 aromatic carbocycles. The maximum absolute atomic E-state index is 9.83. The first-order valence-electron chi connectivity index (χ1n) is 9.18. The molecule has 1 aromatic heterocycles. The van der Waals surface area contributed by atoms with Crippen LogP contribution in [0.5, 0.6) is 0 Å². The summed E-state index contributed by atoms with van der Waals surface area (Å²) in [5.41, 5.74) is 5.19. The molecule has 0 saturated carbocycles. The molecular formula is C24H17BO2S. The third kappa shape index (κ3) is 2.83. The van der Waals surface area contributed by atoms with Crippen molar-refractivity contribution >= 4 is 44.1 Å². The molecule has 0 atom stereocenters. The van der Waals surface area contributed by atoms with Gasteiger partial charge >= 0.3 is 7.12 Å². The van der Waals surface area contributed by atoms with Crippen LogP contribution in [-0.2, 0) is 0 Å².